The second-order valence-corrected chi connectivity index (χ2v) is 9.26. The van der Waals surface area contributed by atoms with Crippen molar-refractivity contribution < 1.29 is 14.3 Å². The number of H-pyrrole nitrogens is 1. The smallest absolute Gasteiger partial charge is 0.355 e. The number of para-hydroxylation sites is 1. The summed E-state index contributed by atoms with van der Waals surface area (Å²) in [6.07, 6.45) is 20.0. The number of hydrogen-bond acceptors (Lipinski definition) is 3. The molecule has 0 aliphatic heterocycles. The van der Waals surface area contributed by atoms with Gasteiger partial charge in [0.2, 0.25) is 0 Å². The Bertz CT molecular complexity index is 823. The molecule has 1 heterocycles. The summed E-state index contributed by atoms with van der Waals surface area (Å²) < 4.78 is 5.16. The zero-order chi connectivity index (χ0) is 23.7. The highest BCUT2D eigenvalue weighted by Gasteiger charge is 2.23. The fourth-order valence-corrected chi connectivity index (χ4v) is 4.57. The van der Waals surface area contributed by atoms with Gasteiger partial charge >= 0.3 is 5.97 Å². The van der Waals surface area contributed by atoms with Crippen LogP contribution in [0.5, 0.6) is 0 Å². The van der Waals surface area contributed by atoms with Crippen LogP contribution >= 0.6 is 0 Å². The lowest BCUT2D eigenvalue weighted by molar-refractivity contribution is 0.0517. The first-order valence-electron chi connectivity index (χ1n) is 13.5. The van der Waals surface area contributed by atoms with Crippen LogP contribution in [0.1, 0.15) is 137 Å². The Balaban J connectivity index is 1.59. The van der Waals surface area contributed by atoms with Crippen molar-refractivity contribution in [1.29, 1.82) is 0 Å². The fourth-order valence-electron chi connectivity index (χ4n) is 4.57. The van der Waals surface area contributed by atoms with Gasteiger partial charge in [0.15, 0.2) is 5.78 Å². The number of hydrogen-bond donors (Lipinski definition) is 1. The van der Waals surface area contributed by atoms with E-state index in [1.165, 1.54) is 83.5 Å². The predicted octanol–water partition coefficient (Wildman–Crippen LogP) is 8.79. The van der Waals surface area contributed by atoms with E-state index in [0.717, 1.165) is 23.7 Å². The van der Waals surface area contributed by atoms with Gasteiger partial charge in [-0.2, -0.15) is 0 Å². The predicted molar refractivity (Wildman–Crippen MR) is 138 cm³/mol. The van der Waals surface area contributed by atoms with Crippen molar-refractivity contribution >= 4 is 22.7 Å². The van der Waals surface area contributed by atoms with Crippen LogP contribution in [0.4, 0.5) is 0 Å². The number of esters is 1. The van der Waals surface area contributed by atoms with Gasteiger partial charge in [0.25, 0.3) is 0 Å². The molecule has 0 saturated heterocycles. The number of rotatable bonds is 19. The minimum absolute atomic E-state index is 0.0326. The fraction of sp³-hybridized carbons (Fsp3) is 0.655. The molecule has 0 saturated carbocycles. The molecule has 184 valence electrons. The van der Waals surface area contributed by atoms with Crippen LogP contribution in [0.2, 0.25) is 0 Å². The highest BCUT2D eigenvalue weighted by atomic mass is 16.5. The van der Waals surface area contributed by atoms with E-state index in [1.807, 2.05) is 24.3 Å². The number of ether oxygens (including phenoxy) is 1. The summed E-state index contributed by atoms with van der Waals surface area (Å²) in [6.45, 7) is 4.34. The second-order valence-electron chi connectivity index (χ2n) is 9.26. The lowest BCUT2D eigenvalue weighted by Gasteiger charge is -2.05. The van der Waals surface area contributed by atoms with Gasteiger partial charge in [0.05, 0.1) is 12.2 Å². The Hall–Kier alpha value is -2.10. The van der Waals surface area contributed by atoms with Crippen molar-refractivity contribution in [3.63, 3.8) is 0 Å². The molecule has 4 nitrogen and oxygen atoms in total. The third-order valence-electron chi connectivity index (χ3n) is 6.47. The number of ketones is 1. The Morgan fingerprint density at radius 2 is 1.24 bits per heavy atom. The number of Topliss-reactive ketones (excluding diaryl/α,β-unsaturated/α-hetero) is 1. The molecule has 0 radical (unpaired) electrons. The van der Waals surface area contributed by atoms with Gasteiger partial charge in [-0.15, -0.1) is 0 Å². The first-order valence-corrected chi connectivity index (χ1v) is 13.5. The summed E-state index contributed by atoms with van der Waals surface area (Å²) in [5.41, 5.74) is 1.60. The van der Waals surface area contributed by atoms with Gasteiger partial charge in [0, 0.05) is 17.3 Å². The maximum Gasteiger partial charge on any atom is 0.355 e. The van der Waals surface area contributed by atoms with Crippen molar-refractivity contribution in [1.82, 2.24) is 4.98 Å². The van der Waals surface area contributed by atoms with E-state index >= 15 is 0 Å². The summed E-state index contributed by atoms with van der Waals surface area (Å²) in [6, 6.07) is 7.59. The number of benzene rings is 1. The summed E-state index contributed by atoms with van der Waals surface area (Å²) >= 11 is 0. The van der Waals surface area contributed by atoms with Gasteiger partial charge in [0.1, 0.15) is 5.69 Å². The highest BCUT2D eigenvalue weighted by molar-refractivity contribution is 6.15. The van der Waals surface area contributed by atoms with Crippen molar-refractivity contribution in [2.24, 2.45) is 0 Å². The molecule has 0 aliphatic rings. The van der Waals surface area contributed by atoms with Crippen LogP contribution in [0, 0.1) is 0 Å². The van der Waals surface area contributed by atoms with E-state index < -0.39 is 5.97 Å². The lowest BCUT2D eigenvalue weighted by Crippen LogP contribution is -2.11. The number of nitrogens with one attached hydrogen (secondary N) is 1. The Morgan fingerprint density at radius 1 is 0.727 bits per heavy atom. The van der Waals surface area contributed by atoms with Crippen molar-refractivity contribution in [3.8, 4) is 0 Å². The lowest BCUT2D eigenvalue weighted by atomic mass is 10.00. The summed E-state index contributed by atoms with van der Waals surface area (Å²) in [5, 5.41) is 0.812. The number of carbonyl (C=O) groups is 2. The highest BCUT2D eigenvalue weighted by Crippen LogP contribution is 2.25. The molecular formula is C29H45NO3. The first kappa shape index (κ1) is 27.1. The molecule has 0 atom stereocenters. The van der Waals surface area contributed by atoms with E-state index in [9.17, 15) is 9.59 Å². The molecule has 0 aliphatic carbocycles. The summed E-state index contributed by atoms with van der Waals surface area (Å²) in [5.74, 6) is -0.418. The van der Waals surface area contributed by atoms with Crippen molar-refractivity contribution in [3.05, 3.63) is 35.5 Å². The zero-order valence-electron chi connectivity index (χ0n) is 21.1. The van der Waals surface area contributed by atoms with E-state index in [1.54, 1.807) is 6.92 Å². The molecule has 2 rings (SSSR count). The molecule has 0 unspecified atom stereocenters. The molecule has 33 heavy (non-hydrogen) atoms. The standard InChI is InChI=1S/C29H45NO3/c1-3-5-6-7-8-9-10-11-12-13-14-15-16-17-18-23-26(31)27-24-21-19-20-22-25(24)30-28(27)29(32)33-4-2/h19-22,30H,3-18,23H2,1-2H3. The zero-order valence-corrected chi connectivity index (χ0v) is 21.1. The SMILES string of the molecule is CCCCCCCCCCCCCCCCCC(=O)c1c(C(=O)OCC)[nH]c2ccccc12. The van der Waals surface area contributed by atoms with E-state index in [2.05, 4.69) is 11.9 Å². The molecule has 2 aromatic rings. The molecule has 1 aromatic heterocycles. The van der Waals surface area contributed by atoms with Crippen LogP contribution in [0.25, 0.3) is 10.9 Å². The maximum atomic E-state index is 13.0. The van der Waals surface area contributed by atoms with Crippen LogP contribution < -0.4 is 0 Å². The molecule has 1 N–H and O–H groups in total. The van der Waals surface area contributed by atoms with E-state index in [0.29, 0.717) is 24.3 Å². The molecule has 4 heteroatoms. The Kier molecular flexibility index (Phi) is 13.6. The molecule has 0 amide bonds. The van der Waals surface area contributed by atoms with Crippen LogP contribution in [-0.2, 0) is 4.74 Å². The van der Waals surface area contributed by atoms with Crippen molar-refractivity contribution in [2.45, 2.75) is 117 Å². The molecule has 0 spiro atoms. The monoisotopic (exact) mass is 455 g/mol. The largest absolute Gasteiger partial charge is 0.461 e. The van der Waals surface area contributed by atoms with Crippen LogP contribution in [0.15, 0.2) is 24.3 Å². The number of aromatic nitrogens is 1. The molecular weight excluding hydrogens is 410 g/mol. The van der Waals surface area contributed by atoms with Crippen LogP contribution in [0.3, 0.4) is 0 Å². The van der Waals surface area contributed by atoms with Gasteiger partial charge in [-0.3, -0.25) is 4.79 Å². The third kappa shape index (κ3) is 9.73. The number of carbonyl (C=O) groups excluding carboxylic acids is 2. The average Bonchev–Trinajstić information content (AvgIpc) is 3.21. The molecule has 0 fully saturated rings. The van der Waals surface area contributed by atoms with Gasteiger partial charge in [-0.25, -0.2) is 4.79 Å². The molecule has 1 aromatic carbocycles. The number of fused-ring (bicyclic) bond motifs is 1. The third-order valence-corrected chi connectivity index (χ3v) is 6.47. The first-order chi connectivity index (χ1) is 16.2. The minimum Gasteiger partial charge on any atom is -0.461 e. The summed E-state index contributed by atoms with van der Waals surface area (Å²) in [7, 11) is 0. The van der Waals surface area contributed by atoms with Crippen LogP contribution in [-0.4, -0.2) is 23.3 Å². The normalized spacial score (nSPS) is 11.2. The molecule has 0 bridgehead atoms. The minimum atomic E-state index is -0.450. The van der Waals surface area contributed by atoms with Gasteiger partial charge in [-0.1, -0.05) is 115 Å². The Morgan fingerprint density at radius 3 is 1.79 bits per heavy atom. The Labute approximate surface area is 200 Å². The maximum absolute atomic E-state index is 13.0. The van der Waals surface area contributed by atoms with Gasteiger partial charge < -0.3 is 9.72 Å². The quantitative estimate of drug-likeness (QED) is 0.131. The number of aromatic amines is 1. The number of unbranched alkanes of at least 4 members (excludes halogenated alkanes) is 14. The topological polar surface area (TPSA) is 59.2 Å². The van der Waals surface area contributed by atoms with E-state index in [4.69, 9.17) is 4.74 Å². The van der Waals surface area contributed by atoms with Crippen molar-refractivity contribution in [2.75, 3.05) is 6.61 Å². The van der Waals surface area contributed by atoms with Gasteiger partial charge in [-0.05, 0) is 19.4 Å². The second kappa shape index (κ2) is 16.5. The summed E-state index contributed by atoms with van der Waals surface area (Å²) in [4.78, 5) is 28.4. The van der Waals surface area contributed by atoms with E-state index in [-0.39, 0.29) is 5.78 Å². The average molecular weight is 456 g/mol.